The molecule has 1 aromatic carbocycles. The fourth-order valence-corrected chi connectivity index (χ4v) is 1.48. The van der Waals surface area contributed by atoms with E-state index in [0.29, 0.717) is 11.4 Å². The van der Waals surface area contributed by atoms with Gasteiger partial charge in [0.2, 0.25) is 5.91 Å². The molecule has 0 saturated heterocycles. The summed E-state index contributed by atoms with van der Waals surface area (Å²) < 4.78 is 44.9. The van der Waals surface area contributed by atoms with Gasteiger partial charge in [0.05, 0.1) is 25.8 Å². The van der Waals surface area contributed by atoms with Crippen LogP contribution < -0.4 is 10.1 Å². The molecule has 1 amide bonds. The van der Waals surface area contributed by atoms with Gasteiger partial charge in [-0.25, -0.2) is 0 Å². The van der Waals surface area contributed by atoms with E-state index in [0.717, 1.165) is 5.56 Å². The Morgan fingerprint density at radius 3 is 2.65 bits per heavy atom. The van der Waals surface area contributed by atoms with Crippen LogP contribution in [0.4, 0.5) is 18.9 Å². The molecule has 0 bridgehead atoms. The number of anilines is 1. The summed E-state index contributed by atoms with van der Waals surface area (Å²) in [6.07, 6.45) is -4.54. The third-order valence-corrected chi connectivity index (χ3v) is 2.37. The van der Waals surface area contributed by atoms with Gasteiger partial charge in [0.15, 0.2) is 0 Å². The molecular formula is C13H16F3NO3. The Morgan fingerprint density at radius 1 is 1.35 bits per heavy atom. The first-order chi connectivity index (χ1) is 9.31. The summed E-state index contributed by atoms with van der Waals surface area (Å²) in [4.78, 5) is 11.6. The number of aryl methyl sites for hydroxylation is 1. The zero-order valence-corrected chi connectivity index (χ0v) is 11.2. The van der Waals surface area contributed by atoms with E-state index < -0.39 is 18.7 Å². The first-order valence-corrected chi connectivity index (χ1v) is 5.91. The molecule has 0 radical (unpaired) electrons. The highest BCUT2D eigenvalue weighted by atomic mass is 19.4. The van der Waals surface area contributed by atoms with Gasteiger partial charge in [-0.1, -0.05) is 6.07 Å². The van der Waals surface area contributed by atoms with Crippen molar-refractivity contribution in [1.29, 1.82) is 0 Å². The van der Waals surface area contributed by atoms with Crippen LogP contribution in [0.5, 0.6) is 5.75 Å². The van der Waals surface area contributed by atoms with Crippen molar-refractivity contribution in [3.05, 3.63) is 23.8 Å². The van der Waals surface area contributed by atoms with Crippen molar-refractivity contribution in [2.24, 2.45) is 0 Å². The molecular weight excluding hydrogens is 275 g/mol. The van der Waals surface area contributed by atoms with E-state index in [-0.39, 0.29) is 13.0 Å². The molecule has 1 N–H and O–H groups in total. The van der Waals surface area contributed by atoms with Crippen LogP contribution in [-0.2, 0) is 9.53 Å². The Kier molecular flexibility index (Phi) is 5.82. The van der Waals surface area contributed by atoms with Gasteiger partial charge in [0.25, 0.3) is 0 Å². The number of benzene rings is 1. The molecule has 0 saturated carbocycles. The van der Waals surface area contributed by atoms with Crippen LogP contribution in [0.3, 0.4) is 0 Å². The normalized spacial score (nSPS) is 11.2. The first-order valence-electron chi connectivity index (χ1n) is 5.91. The first kappa shape index (κ1) is 16.3. The van der Waals surface area contributed by atoms with E-state index >= 15 is 0 Å². The highest BCUT2D eigenvalue weighted by molar-refractivity contribution is 5.92. The van der Waals surface area contributed by atoms with E-state index in [1.54, 1.807) is 12.1 Å². The summed E-state index contributed by atoms with van der Waals surface area (Å²) in [5.74, 6) is 0.0521. The molecule has 0 spiro atoms. The van der Waals surface area contributed by atoms with E-state index in [2.05, 4.69) is 10.1 Å². The van der Waals surface area contributed by atoms with Crippen LogP contribution in [0, 0.1) is 6.92 Å². The summed E-state index contributed by atoms with van der Waals surface area (Å²) >= 11 is 0. The molecule has 0 aliphatic rings. The molecule has 0 heterocycles. The molecule has 0 unspecified atom stereocenters. The van der Waals surface area contributed by atoms with Crippen molar-refractivity contribution >= 4 is 11.6 Å². The Bertz CT molecular complexity index is 461. The highest BCUT2D eigenvalue weighted by Crippen LogP contribution is 2.25. The maximum absolute atomic E-state index is 11.8. The minimum atomic E-state index is -4.38. The quantitative estimate of drug-likeness (QED) is 0.820. The van der Waals surface area contributed by atoms with Gasteiger partial charge in [-0.05, 0) is 24.6 Å². The van der Waals surface area contributed by atoms with Gasteiger partial charge in [0.1, 0.15) is 12.4 Å². The average molecular weight is 291 g/mol. The summed E-state index contributed by atoms with van der Waals surface area (Å²) in [5.41, 5.74) is 1.41. The molecule has 20 heavy (non-hydrogen) atoms. The molecule has 1 aromatic rings. The molecule has 0 aliphatic heterocycles. The standard InChI is InChI=1S/C13H16F3NO3/c1-9-3-4-11(19-2)10(7-9)17-12(18)5-6-20-8-13(14,15)16/h3-4,7H,5-6,8H2,1-2H3,(H,17,18). The predicted molar refractivity (Wildman–Crippen MR) is 67.9 cm³/mol. The van der Waals surface area contributed by atoms with Crippen LogP contribution in [0.25, 0.3) is 0 Å². The lowest BCUT2D eigenvalue weighted by Crippen LogP contribution is -2.20. The third-order valence-electron chi connectivity index (χ3n) is 2.37. The van der Waals surface area contributed by atoms with Crippen LogP contribution in [-0.4, -0.2) is 32.4 Å². The predicted octanol–water partition coefficient (Wildman–Crippen LogP) is 2.91. The maximum atomic E-state index is 11.8. The largest absolute Gasteiger partial charge is 0.495 e. The topological polar surface area (TPSA) is 47.6 Å². The molecule has 0 aliphatic carbocycles. The van der Waals surface area contributed by atoms with Gasteiger partial charge in [-0.15, -0.1) is 0 Å². The number of hydrogen-bond donors (Lipinski definition) is 1. The van der Waals surface area contributed by atoms with Gasteiger partial charge in [-0.2, -0.15) is 13.2 Å². The lowest BCUT2D eigenvalue weighted by atomic mass is 10.2. The fraction of sp³-hybridized carbons (Fsp3) is 0.462. The van der Waals surface area contributed by atoms with Crippen molar-refractivity contribution in [2.45, 2.75) is 19.5 Å². The fourth-order valence-electron chi connectivity index (χ4n) is 1.48. The number of carbonyl (C=O) groups excluding carboxylic acids is 1. The number of halogens is 3. The Morgan fingerprint density at radius 2 is 2.05 bits per heavy atom. The second-order valence-corrected chi connectivity index (χ2v) is 4.17. The molecule has 0 aromatic heterocycles. The lowest BCUT2D eigenvalue weighted by molar-refractivity contribution is -0.174. The van der Waals surface area contributed by atoms with Crippen LogP contribution in [0.2, 0.25) is 0 Å². The van der Waals surface area contributed by atoms with E-state index in [9.17, 15) is 18.0 Å². The Labute approximate surface area is 114 Å². The molecule has 1 rings (SSSR count). The molecule has 112 valence electrons. The van der Waals surface area contributed by atoms with Crippen molar-refractivity contribution in [3.8, 4) is 5.75 Å². The number of rotatable bonds is 6. The number of nitrogens with one attached hydrogen (secondary N) is 1. The smallest absolute Gasteiger partial charge is 0.411 e. The second kappa shape index (κ2) is 7.14. The van der Waals surface area contributed by atoms with Gasteiger partial charge in [-0.3, -0.25) is 4.79 Å². The number of amides is 1. The van der Waals surface area contributed by atoms with Gasteiger partial charge < -0.3 is 14.8 Å². The summed E-state index contributed by atoms with van der Waals surface area (Å²) in [6.45, 7) is 0.203. The summed E-state index contributed by atoms with van der Waals surface area (Å²) in [5, 5.41) is 2.57. The minimum Gasteiger partial charge on any atom is -0.495 e. The monoisotopic (exact) mass is 291 g/mol. The zero-order chi connectivity index (χ0) is 15.2. The molecule has 0 fully saturated rings. The number of hydrogen-bond acceptors (Lipinski definition) is 3. The van der Waals surface area contributed by atoms with Crippen molar-refractivity contribution in [3.63, 3.8) is 0 Å². The summed E-state index contributed by atoms with van der Waals surface area (Å²) in [7, 11) is 1.47. The third kappa shape index (κ3) is 5.92. The highest BCUT2D eigenvalue weighted by Gasteiger charge is 2.27. The summed E-state index contributed by atoms with van der Waals surface area (Å²) in [6, 6.07) is 5.24. The van der Waals surface area contributed by atoms with Crippen LogP contribution in [0.15, 0.2) is 18.2 Å². The maximum Gasteiger partial charge on any atom is 0.411 e. The second-order valence-electron chi connectivity index (χ2n) is 4.17. The molecule has 7 heteroatoms. The number of methoxy groups -OCH3 is 1. The number of carbonyl (C=O) groups is 1. The van der Waals surface area contributed by atoms with E-state index in [1.165, 1.54) is 7.11 Å². The molecule has 4 nitrogen and oxygen atoms in total. The van der Waals surface area contributed by atoms with E-state index in [1.807, 2.05) is 13.0 Å². The lowest BCUT2D eigenvalue weighted by Gasteiger charge is -2.11. The molecule has 0 atom stereocenters. The van der Waals surface area contributed by atoms with Crippen LogP contribution >= 0.6 is 0 Å². The zero-order valence-electron chi connectivity index (χ0n) is 11.2. The van der Waals surface area contributed by atoms with Crippen molar-refractivity contribution in [2.75, 3.05) is 25.6 Å². The Hall–Kier alpha value is -1.76. The average Bonchev–Trinajstić information content (AvgIpc) is 2.34. The van der Waals surface area contributed by atoms with Crippen LogP contribution in [0.1, 0.15) is 12.0 Å². The number of alkyl halides is 3. The van der Waals surface area contributed by atoms with Crippen molar-refractivity contribution in [1.82, 2.24) is 0 Å². The number of ether oxygens (including phenoxy) is 2. The van der Waals surface area contributed by atoms with Crippen molar-refractivity contribution < 1.29 is 27.4 Å². The van der Waals surface area contributed by atoms with Gasteiger partial charge >= 0.3 is 6.18 Å². The Balaban J connectivity index is 2.44. The minimum absolute atomic E-state index is 0.160. The van der Waals surface area contributed by atoms with E-state index in [4.69, 9.17) is 4.74 Å². The SMILES string of the molecule is COc1ccc(C)cc1NC(=O)CCOCC(F)(F)F. The van der Waals surface area contributed by atoms with Gasteiger partial charge in [0, 0.05) is 0 Å².